The van der Waals surface area contributed by atoms with E-state index in [0.29, 0.717) is 44.0 Å². The topological polar surface area (TPSA) is 138 Å². The van der Waals surface area contributed by atoms with Gasteiger partial charge in [0, 0.05) is 49.8 Å². The van der Waals surface area contributed by atoms with Gasteiger partial charge in [-0.25, -0.2) is 4.39 Å². The highest BCUT2D eigenvalue weighted by Gasteiger charge is 2.55. The summed E-state index contributed by atoms with van der Waals surface area (Å²) in [7, 11) is 1.62. The van der Waals surface area contributed by atoms with Crippen LogP contribution in [0.15, 0.2) is 24.4 Å². The summed E-state index contributed by atoms with van der Waals surface area (Å²) in [6, 6.07) is 0.0638. The van der Waals surface area contributed by atoms with Gasteiger partial charge in [-0.05, 0) is 68.4 Å². The van der Waals surface area contributed by atoms with Crippen molar-refractivity contribution in [3.63, 3.8) is 0 Å². The molecule has 2 saturated carbocycles. The van der Waals surface area contributed by atoms with Gasteiger partial charge in [0.1, 0.15) is 41.5 Å². The number of halogens is 4. The van der Waals surface area contributed by atoms with Gasteiger partial charge in [0.2, 0.25) is 17.7 Å². The van der Waals surface area contributed by atoms with Crippen LogP contribution in [-0.2, 0) is 26.2 Å². The number of nitrogens with one attached hydrogen (secondary N) is 2. The Kier molecular flexibility index (Phi) is 10.1. The van der Waals surface area contributed by atoms with E-state index in [2.05, 4.69) is 20.6 Å². The molecule has 5 heterocycles. The molecule has 8 rings (SSSR count). The molecule has 1 aromatic carbocycles. The van der Waals surface area contributed by atoms with Gasteiger partial charge in [-0.2, -0.15) is 18.3 Å². The van der Waals surface area contributed by atoms with Crippen LogP contribution in [0.25, 0.3) is 0 Å². The molecule has 2 aromatic rings. The fraction of sp³-hybridized carbons (Fsp3) is 0.675. The van der Waals surface area contributed by atoms with E-state index in [1.807, 2.05) is 0 Å². The lowest BCUT2D eigenvalue weighted by atomic mass is 9.79. The second-order valence-electron chi connectivity index (χ2n) is 17.9. The van der Waals surface area contributed by atoms with Crippen LogP contribution >= 0.6 is 0 Å². The summed E-state index contributed by atoms with van der Waals surface area (Å²) in [6.45, 7) is 5.39. The number of likely N-dealkylation sites (tertiary alicyclic amines) is 1. The van der Waals surface area contributed by atoms with Crippen LogP contribution in [0.3, 0.4) is 0 Å². The Hall–Kier alpha value is -4.25. The molecule has 57 heavy (non-hydrogen) atoms. The molecule has 4 amide bonds. The molecule has 13 nitrogen and oxygen atoms in total. The van der Waals surface area contributed by atoms with Gasteiger partial charge in [0.05, 0.1) is 37.5 Å². The number of piperidine rings is 1. The Morgan fingerprint density at radius 2 is 1.68 bits per heavy atom. The number of anilines is 1. The van der Waals surface area contributed by atoms with Gasteiger partial charge in [-0.3, -0.25) is 28.8 Å². The van der Waals surface area contributed by atoms with E-state index in [0.717, 1.165) is 36.6 Å². The summed E-state index contributed by atoms with van der Waals surface area (Å²) in [5, 5.41) is 9.73. The number of rotatable bonds is 9. The minimum absolute atomic E-state index is 0.121. The van der Waals surface area contributed by atoms with Crippen molar-refractivity contribution in [3.05, 3.63) is 41.5 Å². The maximum atomic E-state index is 16.4. The number of piperazine rings is 1. The Labute approximate surface area is 328 Å². The number of benzene rings is 1. The van der Waals surface area contributed by atoms with Crippen molar-refractivity contribution < 1.29 is 46.2 Å². The molecule has 310 valence electrons. The van der Waals surface area contributed by atoms with Gasteiger partial charge >= 0.3 is 6.18 Å². The van der Waals surface area contributed by atoms with Crippen LogP contribution < -0.4 is 15.4 Å². The average molecular weight is 802 g/mol. The van der Waals surface area contributed by atoms with E-state index >= 15 is 4.39 Å². The molecule has 6 aliphatic rings. The minimum atomic E-state index is -4.84. The van der Waals surface area contributed by atoms with E-state index < -0.39 is 77.9 Å². The number of aromatic nitrogens is 2. The van der Waals surface area contributed by atoms with E-state index in [1.165, 1.54) is 37.7 Å². The average Bonchev–Trinajstić information content (AvgIpc) is 4.07. The molecular formula is C40H51F4N7O6. The number of alkyl halides is 3. The molecule has 5 fully saturated rings. The lowest BCUT2D eigenvalue weighted by Gasteiger charge is -2.52. The summed E-state index contributed by atoms with van der Waals surface area (Å²) >= 11 is 0. The molecule has 17 heteroatoms. The molecule has 3 atom stereocenters. The standard InChI is InChI=1S/C40H51F4N7O6/c1-38(2,3)37(55)51-19-32(52)50(18-31(51)40(42,43)44)29-17-39(10-13-49(14-11-39)24-20-56-21-24)57-30-16-27(26(41)15-25(29)30)46-36(54)34(33(22-5-6-22)23-7-8-23)47-35(53)28-9-12-45-48(28)4/h9,12,15-16,22-24,29,31,33-34H,5-8,10-11,13-14,17-21H2,1-4H3,(H,46,54)(H,47,53)/t29?,31-,34-/m0/s1. The summed E-state index contributed by atoms with van der Waals surface area (Å²) in [5.41, 5.74) is -1.82. The van der Waals surface area contributed by atoms with Gasteiger partial charge in [-0.15, -0.1) is 0 Å². The number of fused-ring (bicyclic) bond motifs is 1. The third-order valence-electron chi connectivity index (χ3n) is 12.8. The summed E-state index contributed by atoms with van der Waals surface area (Å²) in [6.07, 6.45) is 1.44. The quantitative estimate of drug-likeness (QED) is 0.356. The molecule has 1 unspecified atom stereocenters. The van der Waals surface area contributed by atoms with Crippen molar-refractivity contribution in [1.82, 2.24) is 29.8 Å². The minimum Gasteiger partial charge on any atom is -0.487 e. The summed E-state index contributed by atoms with van der Waals surface area (Å²) < 4.78 is 74.2. The first kappa shape index (κ1) is 39.6. The highest BCUT2D eigenvalue weighted by Crippen LogP contribution is 2.52. The summed E-state index contributed by atoms with van der Waals surface area (Å²) in [5.74, 6) is -2.90. The predicted molar refractivity (Wildman–Crippen MR) is 197 cm³/mol. The van der Waals surface area contributed by atoms with Crippen LogP contribution in [0.2, 0.25) is 0 Å². The number of hydrogen-bond donors (Lipinski definition) is 2. The lowest BCUT2D eigenvalue weighted by Crippen LogP contribution is -2.65. The smallest absolute Gasteiger partial charge is 0.410 e. The lowest BCUT2D eigenvalue weighted by molar-refractivity contribution is -0.208. The van der Waals surface area contributed by atoms with Gasteiger partial charge in [0.15, 0.2) is 0 Å². The maximum Gasteiger partial charge on any atom is 0.410 e. The third kappa shape index (κ3) is 7.85. The van der Waals surface area contributed by atoms with Crippen molar-refractivity contribution in [2.75, 3.05) is 44.7 Å². The van der Waals surface area contributed by atoms with Crippen LogP contribution in [0, 0.1) is 29.0 Å². The number of amides is 4. The summed E-state index contributed by atoms with van der Waals surface area (Å²) in [4.78, 5) is 58.9. The first-order valence-electron chi connectivity index (χ1n) is 20.0. The SMILES string of the molecule is Cn1nccc1C(=O)N[C@H](C(=O)Nc1cc2c(cc1F)C(N1C[C@@H](C(F)(F)F)N(C(=O)C(C)(C)C)CC1=O)CC1(CCN(C3COC3)CC1)O2)C(C1CC1)C1CC1. The molecule has 2 N–H and O–H groups in total. The molecule has 1 aromatic heterocycles. The molecular weight excluding hydrogens is 750 g/mol. The number of carbonyl (C=O) groups is 4. The Morgan fingerprint density at radius 3 is 2.23 bits per heavy atom. The molecule has 0 radical (unpaired) electrons. The zero-order valence-electron chi connectivity index (χ0n) is 32.7. The molecule has 0 bridgehead atoms. The van der Waals surface area contributed by atoms with Crippen molar-refractivity contribution in [1.29, 1.82) is 0 Å². The zero-order valence-corrected chi connectivity index (χ0v) is 32.7. The van der Waals surface area contributed by atoms with Crippen molar-refractivity contribution >= 4 is 29.3 Å². The van der Waals surface area contributed by atoms with E-state index in [9.17, 15) is 32.3 Å². The fourth-order valence-corrected chi connectivity index (χ4v) is 9.27. The molecule has 3 saturated heterocycles. The molecule has 1 spiro atoms. The third-order valence-corrected chi connectivity index (χ3v) is 12.8. The first-order valence-corrected chi connectivity index (χ1v) is 20.0. The van der Waals surface area contributed by atoms with Crippen molar-refractivity contribution in [3.8, 4) is 5.75 Å². The van der Waals surface area contributed by atoms with Crippen LogP contribution in [-0.4, -0.2) is 117 Å². The Balaban J connectivity index is 1.11. The van der Waals surface area contributed by atoms with E-state index in [1.54, 1.807) is 13.1 Å². The van der Waals surface area contributed by atoms with Crippen LogP contribution in [0.4, 0.5) is 23.2 Å². The molecule has 4 aliphatic heterocycles. The predicted octanol–water partition coefficient (Wildman–Crippen LogP) is 4.44. The number of nitrogens with zero attached hydrogens (tertiary/aromatic N) is 5. The highest BCUT2D eigenvalue weighted by atomic mass is 19.4. The second kappa shape index (κ2) is 14.5. The zero-order chi connectivity index (χ0) is 40.6. The van der Waals surface area contributed by atoms with Gasteiger partial charge < -0.3 is 29.9 Å². The number of ether oxygens (including phenoxy) is 2. The van der Waals surface area contributed by atoms with E-state index in [-0.39, 0.29) is 52.9 Å². The van der Waals surface area contributed by atoms with E-state index in [4.69, 9.17) is 9.47 Å². The maximum absolute atomic E-state index is 16.4. The molecule has 2 aliphatic carbocycles. The second-order valence-corrected chi connectivity index (χ2v) is 17.9. The van der Waals surface area contributed by atoms with Crippen molar-refractivity contribution in [2.24, 2.45) is 30.2 Å². The fourth-order valence-electron chi connectivity index (χ4n) is 9.27. The highest BCUT2D eigenvalue weighted by molar-refractivity contribution is 6.01. The Bertz CT molecular complexity index is 1900. The number of hydrogen-bond acceptors (Lipinski definition) is 8. The number of carbonyl (C=O) groups excluding carboxylic acids is 4. The normalized spacial score (nSPS) is 24.8. The number of aryl methyl sites for hydroxylation is 1. The largest absolute Gasteiger partial charge is 0.487 e. The van der Waals surface area contributed by atoms with Gasteiger partial charge in [-0.1, -0.05) is 20.8 Å². The van der Waals surface area contributed by atoms with Gasteiger partial charge in [0.25, 0.3) is 5.91 Å². The monoisotopic (exact) mass is 801 g/mol. The van der Waals surface area contributed by atoms with Crippen LogP contribution in [0.1, 0.15) is 87.8 Å². The van der Waals surface area contributed by atoms with Crippen LogP contribution in [0.5, 0.6) is 5.75 Å². The Morgan fingerprint density at radius 1 is 1.02 bits per heavy atom. The van der Waals surface area contributed by atoms with Crippen molar-refractivity contribution in [2.45, 2.75) is 102 Å². The first-order chi connectivity index (χ1) is 26.9.